The Morgan fingerprint density at radius 2 is 2.17 bits per heavy atom. The topological polar surface area (TPSA) is 39.2 Å². The van der Waals surface area contributed by atoms with Gasteiger partial charge in [0, 0.05) is 14.9 Å². The summed E-state index contributed by atoms with van der Waals surface area (Å²) in [6, 6.07) is 7.91. The second-order valence-electron chi connectivity index (χ2n) is 3.76. The first-order chi connectivity index (χ1) is 8.61. The number of methoxy groups -OCH3 is 1. The minimum absolute atomic E-state index is 0.236. The maximum absolute atomic E-state index is 11.3. The van der Waals surface area contributed by atoms with Gasteiger partial charge >= 0.3 is 5.97 Å². The van der Waals surface area contributed by atoms with Gasteiger partial charge in [-0.2, -0.15) is 0 Å². The van der Waals surface area contributed by atoms with Crippen molar-refractivity contribution in [3.8, 4) is 10.6 Å². The maximum atomic E-state index is 11.3. The van der Waals surface area contributed by atoms with Gasteiger partial charge in [-0.05, 0) is 13.0 Å². The molecule has 0 spiro atoms. The third kappa shape index (κ3) is 2.79. The number of carbonyl (C=O) groups excluding carboxylic acids is 1. The molecule has 18 heavy (non-hydrogen) atoms. The molecule has 0 aliphatic rings. The van der Waals surface area contributed by atoms with Gasteiger partial charge in [0.2, 0.25) is 0 Å². The Hall–Kier alpha value is -1.20. The number of aromatic nitrogens is 1. The lowest BCUT2D eigenvalue weighted by molar-refractivity contribution is -0.139. The molecular formula is C13H12BrNO2S. The van der Waals surface area contributed by atoms with E-state index in [1.807, 2.05) is 31.2 Å². The fourth-order valence-corrected chi connectivity index (χ4v) is 3.24. The van der Waals surface area contributed by atoms with Crippen molar-refractivity contribution in [3.63, 3.8) is 0 Å². The lowest BCUT2D eigenvalue weighted by atomic mass is 10.2. The minimum Gasteiger partial charge on any atom is -0.469 e. The summed E-state index contributed by atoms with van der Waals surface area (Å²) >= 11 is 5.03. The first-order valence-electron chi connectivity index (χ1n) is 5.40. The molecule has 0 fully saturated rings. The summed E-state index contributed by atoms with van der Waals surface area (Å²) in [7, 11) is 1.40. The number of benzene rings is 1. The van der Waals surface area contributed by atoms with E-state index in [4.69, 9.17) is 0 Å². The second kappa shape index (κ2) is 5.63. The van der Waals surface area contributed by atoms with Gasteiger partial charge < -0.3 is 4.74 Å². The summed E-state index contributed by atoms with van der Waals surface area (Å²) in [5, 5.41) is 0.916. The van der Waals surface area contributed by atoms with E-state index in [2.05, 4.69) is 25.7 Å². The van der Waals surface area contributed by atoms with Crippen molar-refractivity contribution < 1.29 is 9.53 Å². The molecule has 94 valence electrons. The zero-order valence-corrected chi connectivity index (χ0v) is 12.5. The molecule has 2 rings (SSSR count). The number of carbonyl (C=O) groups is 1. The standard InChI is InChI=1S/C13H12BrNO2S/c1-8-11(7-12(16)17-2)18-13(15-8)9-5-3-4-6-10(9)14/h3-6H,7H2,1-2H3. The van der Waals surface area contributed by atoms with Crippen LogP contribution in [0.5, 0.6) is 0 Å². The number of rotatable bonds is 3. The molecule has 2 aromatic rings. The Morgan fingerprint density at radius 1 is 1.44 bits per heavy atom. The molecule has 0 unspecified atom stereocenters. The van der Waals surface area contributed by atoms with E-state index in [-0.39, 0.29) is 12.4 Å². The second-order valence-corrected chi connectivity index (χ2v) is 5.70. The molecule has 0 amide bonds. The number of ether oxygens (including phenoxy) is 1. The Balaban J connectivity index is 2.34. The van der Waals surface area contributed by atoms with Crippen LogP contribution in [0.15, 0.2) is 28.7 Å². The normalized spacial score (nSPS) is 10.4. The molecule has 1 aromatic carbocycles. The highest BCUT2D eigenvalue weighted by Crippen LogP contribution is 2.33. The fraction of sp³-hybridized carbons (Fsp3) is 0.231. The quantitative estimate of drug-likeness (QED) is 0.809. The van der Waals surface area contributed by atoms with Crippen LogP contribution in [0.1, 0.15) is 10.6 Å². The van der Waals surface area contributed by atoms with Gasteiger partial charge in [-0.3, -0.25) is 4.79 Å². The average Bonchev–Trinajstić information content (AvgIpc) is 2.71. The molecule has 0 N–H and O–H groups in total. The molecule has 1 heterocycles. The lowest BCUT2D eigenvalue weighted by Gasteiger charge is -1.98. The van der Waals surface area contributed by atoms with Crippen molar-refractivity contribution in [2.24, 2.45) is 0 Å². The molecule has 0 bridgehead atoms. The average molecular weight is 326 g/mol. The highest BCUT2D eigenvalue weighted by molar-refractivity contribution is 9.10. The van der Waals surface area contributed by atoms with Crippen molar-refractivity contribution in [3.05, 3.63) is 39.3 Å². The molecule has 0 aliphatic carbocycles. The number of thiazole rings is 1. The molecule has 0 atom stereocenters. The third-order valence-electron chi connectivity index (χ3n) is 2.53. The number of aryl methyl sites for hydroxylation is 1. The summed E-state index contributed by atoms with van der Waals surface area (Å²) in [6.07, 6.45) is 0.282. The van der Waals surface area contributed by atoms with Gasteiger partial charge in [-0.25, -0.2) is 4.98 Å². The van der Waals surface area contributed by atoms with Crippen molar-refractivity contribution in [2.45, 2.75) is 13.3 Å². The predicted octanol–water partition coefficient (Wildman–Crippen LogP) is 3.60. The van der Waals surface area contributed by atoms with E-state index in [9.17, 15) is 4.79 Å². The lowest BCUT2D eigenvalue weighted by Crippen LogP contribution is -2.03. The van der Waals surface area contributed by atoms with E-state index in [1.54, 1.807) is 0 Å². The van der Waals surface area contributed by atoms with Gasteiger partial charge in [0.05, 0.1) is 19.2 Å². The SMILES string of the molecule is COC(=O)Cc1sc(-c2ccccc2Br)nc1C. The van der Waals surface area contributed by atoms with Gasteiger partial charge in [-0.15, -0.1) is 11.3 Å². The number of halogens is 1. The summed E-state index contributed by atoms with van der Waals surface area (Å²) in [6.45, 7) is 1.91. The Bertz CT molecular complexity index is 580. The van der Waals surface area contributed by atoms with E-state index >= 15 is 0 Å². The van der Waals surface area contributed by atoms with Crippen LogP contribution in [-0.4, -0.2) is 18.1 Å². The predicted molar refractivity (Wildman–Crippen MR) is 75.7 cm³/mol. The zero-order valence-electron chi connectivity index (χ0n) is 10.1. The molecule has 0 aliphatic heterocycles. The largest absolute Gasteiger partial charge is 0.469 e. The Morgan fingerprint density at radius 3 is 2.83 bits per heavy atom. The smallest absolute Gasteiger partial charge is 0.310 e. The van der Waals surface area contributed by atoms with Crippen molar-refractivity contribution in [1.82, 2.24) is 4.98 Å². The number of esters is 1. The van der Waals surface area contributed by atoms with E-state index in [0.29, 0.717) is 0 Å². The molecule has 0 saturated heterocycles. The van der Waals surface area contributed by atoms with Crippen LogP contribution < -0.4 is 0 Å². The first-order valence-corrected chi connectivity index (χ1v) is 7.00. The van der Waals surface area contributed by atoms with Crippen LogP contribution >= 0.6 is 27.3 Å². The van der Waals surface area contributed by atoms with Crippen molar-refractivity contribution >= 4 is 33.2 Å². The first kappa shape index (κ1) is 13.2. The van der Waals surface area contributed by atoms with Gasteiger partial charge in [0.25, 0.3) is 0 Å². The number of nitrogens with zero attached hydrogens (tertiary/aromatic N) is 1. The van der Waals surface area contributed by atoms with Crippen LogP contribution in [0.3, 0.4) is 0 Å². The minimum atomic E-state index is -0.236. The van der Waals surface area contributed by atoms with Crippen LogP contribution in [0.25, 0.3) is 10.6 Å². The summed E-state index contributed by atoms with van der Waals surface area (Å²) in [5.41, 5.74) is 1.93. The molecule has 0 radical (unpaired) electrons. The fourth-order valence-electron chi connectivity index (χ4n) is 1.55. The summed E-state index contributed by atoms with van der Waals surface area (Å²) < 4.78 is 5.68. The summed E-state index contributed by atoms with van der Waals surface area (Å²) in [4.78, 5) is 16.8. The van der Waals surface area contributed by atoms with E-state index < -0.39 is 0 Å². The molecular weight excluding hydrogens is 314 g/mol. The molecule has 5 heteroatoms. The van der Waals surface area contributed by atoms with Gasteiger partial charge in [0.1, 0.15) is 5.01 Å². The van der Waals surface area contributed by atoms with Gasteiger partial charge in [0.15, 0.2) is 0 Å². The number of hydrogen-bond acceptors (Lipinski definition) is 4. The van der Waals surface area contributed by atoms with E-state index in [0.717, 1.165) is 25.6 Å². The molecule has 0 saturated carbocycles. The van der Waals surface area contributed by atoms with Gasteiger partial charge in [-0.1, -0.05) is 34.1 Å². The van der Waals surface area contributed by atoms with E-state index in [1.165, 1.54) is 18.4 Å². The Kier molecular flexibility index (Phi) is 4.14. The zero-order chi connectivity index (χ0) is 13.1. The molecule has 1 aromatic heterocycles. The monoisotopic (exact) mass is 325 g/mol. The maximum Gasteiger partial charge on any atom is 0.310 e. The van der Waals surface area contributed by atoms with Crippen molar-refractivity contribution in [2.75, 3.05) is 7.11 Å². The summed E-state index contributed by atoms with van der Waals surface area (Å²) in [5.74, 6) is -0.236. The van der Waals surface area contributed by atoms with Crippen molar-refractivity contribution in [1.29, 1.82) is 0 Å². The van der Waals surface area contributed by atoms with Crippen LogP contribution in [0.2, 0.25) is 0 Å². The third-order valence-corrected chi connectivity index (χ3v) is 4.41. The highest BCUT2D eigenvalue weighted by atomic mass is 79.9. The Labute approximate surface area is 118 Å². The van der Waals surface area contributed by atoms with Crippen LogP contribution in [0.4, 0.5) is 0 Å². The molecule has 3 nitrogen and oxygen atoms in total. The highest BCUT2D eigenvalue weighted by Gasteiger charge is 2.14. The number of hydrogen-bond donors (Lipinski definition) is 0. The van der Waals surface area contributed by atoms with Crippen LogP contribution in [-0.2, 0) is 16.0 Å². The van der Waals surface area contributed by atoms with Crippen LogP contribution in [0, 0.1) is 6.92 Å².